The number of likely N-dealkylation sites (tertiary alicyclic amines) is 1. The molecule has 0 bridgehead atoms. The maximum atomic E-state index is 13.0. The smallest absolute Gasteiger partial charge is 0.302 e. The lowest BCUT2D eigenvalue weighted by atomic mass is 9.75. The normalized spacial score (nSPS) is 20.7. The van der Waals surface area contributed by atoms with Crippen LogP contribution in [0.2, 0.25) is 0 Å². The third kappa shape index (κ3) is 6.07. The second kappa shape index (κ2) is 10.9. The Morgan fingerprint density at radius 1 is 1.03 bits per heavy atom. The summed E-state index contributed by atoms with van der Waals surface area (Å²) in [6.07, 6.45) is 6.92. The van der Waals surface area contributed by atoms with E-state index in [1.807, 2.05) is 4.90 Å². The van der Waals surface area contributed by atoms with Crippen LogP contribution in [0, 0.1) is 5.41 Å². The van der Waals surface area contributed by atoms with E-state index in [1.54, 1.807) is 7.11 Å². The molecule has 0 radical (unpaired) electrons. The molecule has 3 aliphatic rings. The highest BCUT2D eigenvalue weighted by atomic mass is 16.5. The van der Waals surface area contributed by atoms with Gasteiger partial charge in [-0.15, -0.1) is 0 Å². The quantitative estimate of drug-likeness (QED) is 0.585. The van der Waals surface area contributed by atoms with Crippen LogP contribution < -0.4 is 4.74 Å². The first kappa shape index (κ1) is 24.0. The Hall–Kier alpha value is -2.12. The van der Waals surface area contributed by atoms with Crippen LogP contribution in [0.3, 0.4) is 0 Å². The largest absolute Gasteiger partial charge is 0.496 e. The van der Waals surface area contributed by atoms with Crippen LogP contribution in [-0.4, -0.2) is 74.8 Å². The fourth-order valence-electron chi connectivity index (χ4n) is 5.43. The Labute approximate surface area is 197 Å². The van der Waals surface area contributed by atoms with E-state index in [0.29, 0.717) is 39.3 Å². The van der Waals surface area contributed by atoms with Gasteiger partial charge in [0.2, 0.25) is 5.91 Å². The minimum absolute atomic E-state index is 0.148. The fourth-order valence-corrected chi connectivity index (χ4v) is 5.43. The van der Waals surface area contributed by atoms with E-state index >= 15 is 0 Å². The van der Waals surface area contributed by atoms with Gasteiger partial charge in [-0.25, -0.2) is 0 Å². The molecule has 182 valence electrons. The number of carbonyl (C=O) groups is 2. The van der Waals surface area contributed by atoms with Crippen molar-refractivity contribution in [2.75, 3.05) is 53.1 Å². The first-order valence-corrected chi connectivity index (χ1v) is 12.4. The number of fused-ring (bicyclic) bond motifs is 1. The Morgan fingerprint density at radius 3 is 2.33 bits per heavy atom. The molecule has 0 atom stereocenters. The van der Waals surface area contributed by atoms with Crippen molar-refractivity contribution in [2.24, 2.45) is 5.41 Å². The number of rotatable bonds is 7. The van der Waals surface area contributed by atoms with Crippen molar-refractivity contribution in [3.05, 3.63) is 28.8 Å². The van der Waals surface area contributed by atoms with Crippen molar-refractivity contribution in [1.82, 2.24) is 9.80 Å². The van der Waals surface area contributed by atoms with E-state index in [1.165, 1.54) is 36.5 Å². The number of piperidine rings is 1. The summed E-state index contributed by atoms with van der Waals surface area (Å²) in [6, 6.07) is 4.58. The summed E-state index contributed by atoms with van der Waals surface area (Å²) in [5, 5.41) is 0. The molecule has 1 aromatic rings. The molecule has 7 nitrogen and oxygen atoms in total. The van der Waals surface area contributed by atoms with Crippen LogP contribution in [0.1, 0.15) is 55.7 Å². The van der Waals surface area contributed by atoms with Gasteiger partial charge < -0.3 is 19.1 Å². The lowest BCUT2D eigenvalue weighted by Crippen LogP contribution is -2.47. The average Bonchev–Trinajstić information content (AvgIpc) is 2.84. The number of nitrogens with zero attached hydrogens (tertiary/aromatic N) is 2. The van der Waals surface area contributed by atoms with Crippen molar-refractivity contribution < 1.29 is 23.8 Å². The molecule has 2 aliphatic heterocycles. The average molecular weight is 459 g/mol. The lowest BCUT2D eigenvalue weighted by molar-refractivity contribution is -0.150. The molecule has 0 unspecified atom stereocenters. The van der Waals surface area contributed by atoms with E-state index in [-0.39, 0.29) is 17.3 Å². The maximum Gasteiger partial charge on any atom is 0.302 e. The van der Waals surface area contributed by atoms with Gasteiger partial charge >= 0.3 is 5.97 Å². The summed E-state index contributed by atoms with van der Waals surface area (Å²) >= 11 is 0. The molecule has 0 aromatic heterocycles. The Balaban J connectivity index is 1.41. The Morgan fingerprint density at radius 2 is 1.70 bits per heavy atom. The number of methoxy groups -OCH3 is 1. The number of carbonyl (C=O) groups excluding carboxylic acids is 2. The molecule has 0 spiro atoms. The number of benzene rings is 1. The van der Waals surface area contributed by atoms with Gasteiger partial charge in [0.25, 0.3) is 0 Å². The SMILES string of the molecule is COc1cc2c(cc1CN1CCC(COC(C)=O)(CC(=O)N3CCOCC3)CC1)CCCC2. The monoisotopic (exact) mass is 458 g/mol. The predicted molar refractivity (Wildman–Crippen MR) is 125 cm³/mol. The van der Waals surface area contributed by atoms with Gasteiger partial charge in [-0.2, -0.15) is 0 Å². The van der Waals surface area contributed by atoms with Crippen molar-refractivity contribution in [3.8, 4) is 5.75 Å². The zero-order valence-electron chi connectivity index (χ0n) is 20.2. The lowest BCUT2D eigenvalue weighted by Gasteiger charge is -2.42. The zero-order chi connectivity index (χ0) is 23.3. The molecule has 4 rings (SSSR count). The van der Waals surface area contributed by atoms with Gasteiger partial charge in [-0.05, 0) is 68.8 Å². The molecule has 1 amide bonds. The molecule has 1 aliphatic carbocycles. The number of aryl methyl sites for hydroxylation is 2. The first-order chi connectivity index (χ1) is 16.0. The molecule has 2 fully saturated rings. The molecule has 33 heavy (non-hydrogen) atoms. The van der Waals surface area contributed by atoms with Crippen LogP contribution in [0.5, 0.6) is 5.75 Å². The van der Waals surface area contributed by atoms with Crippen LogP contribution in [0.25, 0.3) is 0 Å². The number of hydrogen-bond donors (Lipinski definition) is 0. The van der Waals surface area contributed by atoms with Crippen LogP contribution in [-0.2, 0) is 38.4 Å². The Kier molecular flexibility index (Phi) is 7.91. The van der Waals surface area contributed by atoms with Crippen LogP contribution >= 0.6 is 0 Å². The Bertz CT molecular complexity index is 841. The van der Waals surface area contributed by atoms with Gasteiger partial charge in [0.15, 0.2) is 0 Å². The van der Waals surface area contributed by atoms with Crippen LogP contribution in [0.15, 0.2) is 12.1 Å². The zero-order valence-corrected chi connectivity index (χ0v) is 20.2. The van der Waals surface area contributed by atoms with E-state index in [2.05, 4.69) is 17.0 Å². The highest BCUT2D eigenvalue weighted by Crippen LogP contribution is 2.38. The summed E-state index contributed by atoms with van der Waals surface area (Å²) in [5.41, 5.74) is 3.85. The first-order valence-electron chi connectivity index (χ1n) is 12.4. The summed E-state index contributed by atoms with van der Waals surface area (Å²) in [7, 11) is 1.76. The van der Waals surface area contributed by atoms with Crippen molar-refractivity contribution in [1.29, 1.82) is 0 Å². The number of morpholine rings is 1. The highest BCUT2D eigenvalue weighted by Gasteiger charge is 2.39. The summed E-state index contributed by atoms with van der Waals surface area (Å²) in [5.74, 6) is 0.847. The van der Waals surface area contributed by atoms with Gasteiger partial charge in [0.1, 0.15) is 5.75 Å². The molecule has 2 saturated heterocycles. The summed E-state index contributed by atoms with van der Waals surface area (Å²) < 4.78 is 16.6. The van der Waals surface area contributed by atoms with Crippen molar-refractivity contribution in [2.45, 2.75) is 58.4 Å². The second-order valence-corrected chi connectivity index (χ2v) is 9.87. The maximum absolute atomic E-state index is 13.0. The van der Waals surface area contributed by atoms with E-state index < -0.39 is 0 Å². The molecule has 0 saturated carbocycles. The third-order valence-electron chi connectivity index (χ3n) is 7.53. The number of amides is 1. The summed E-state index contributed by atoms with van der Waals surface area (Å²) in [4.78, 5) is 28.9. The van der Waals surface area contributed by atoms with Crippen molar-refractivity contribution in [3.63, 3.8) is 0 Å². The minimum atomic E-state index is -0.294. The second-order valence-electron chi connectivity index (χ2n) is 9.87. The van der Waals surface area contributed by atoms with Gasteiger partial charge in [0.05, 0.1) is 26.9 Å². The third-order valence-corrected chi connectivity index (χ3v) is 7.53. The van der Waals surface area contributed by atoms with Gasteiger partial charge in [-0.3, -0.25) is 14.5 Å². The van der Waals surface area contributed by atoms with Crippen molar-refractivity contribution >= 4 is 11.9 Å². The number of ether oxygens (including phenoxy) is 3. The molecular weight excluding hydrogens is 420 g/mol. The molecule has 0 N–H and O–H groups in total. The predicted octanol–water partition coefficient (Wildman–Crippen LogP) is 2.97. The van der Waals surface area contributed by atoms with Crippen LogP contribution in [0.4, 0.5) is 0 Å². The molecule has 7 heteroatoms. The van der Waals surface area contributed by atoms with Gasteiger partial charge in [-0.1, -0.05) is 6.07 Å². The highest BCUT2D eigenvalue weighted by molar-refractivity contribution is 5.77. The van der Waals surface area contributed by atoms with E-state index in [0.717, 1.165) is 51.1 Å². The van der Waals surface area contributed by atoms with E-state index in [9.17, 15) is 9.59 Å². The molecule has 1 aromatic carbocycles. The van der Waals surface area contributed by atoms with Gasteiger partial charge in [0, 0.05) is 44.0 Å². The minimum Gasteiger partial charge on any atom is -0.496 e. The molecular formula is C26H38N2O5. The summed E-state index contributed by atoms with van der Waals surface area (Å²) in [6.45, 7) is 6.83. The van der Waals surface area contributed by atoms with E-state index in [4.69, 9.17) is 14.2 Å². The fraction of sp³-hybridized carbons (Fsp3) is 0.692. The number of hydrogen-bond acceptors (Lipinski definition) is 6. The standard InChI is InChI=1S/C26H38N2O5/c1-20(29)33-19-26(17-25(30)28-11-13-32-14-12-28)7-9-27(10-8-26)18-23-15-21-5-3-4-6-22(21)16-24(23)31-2/h15-16H,3-14,17-19H2,1-2H3. The molecule has 2 heterocycles. The topological polar surface area (TPSA) is 68.3 Å². The number of esters is 1.